The van der Waals surface area contributed by atoms with Gasteiger partial charge < -0.3 is 10.2 Å². The van der Waals surface area contributed by atoms with Gasteiger partial charge in [0.05, 0.1) is 4.92 Å². The van der Waals surface area contributed by atoms with Gasteiger partial charge in [-0.1, -0.05) is 0 Å². The molecular weight excluding hydrogens is 258 g/mol. The van der Waals surface area contributed by atoms with E-state index in [0.29, 0.717) is 11.1 Å². The number of non-ortho nitro benzene ring substituents is 1. The molecule has 1 amide bonds. The van der Waals surface area contributed by atoms with Gasteiger partial charge in [-0.25, -0.2) is 0 Å². The number of benzene rings is 1. The molecule has 0 aromatic heterocycles. The molecule has 1 unspecified atom stereocenters. The molecule has 1 aromatic rings. The van der Waals surface area contributed by atoms with Crippen molar-refractivity contribution in [3.8, 4) is 0 Å². The zero-order valence-electron chi connectivity index (χ0n) is 11.8. The van der Waals surface area contributed by atoms with E-state index >= 15 is 0 Å². The Labute approximate surface area is 117 Å². The fourth-order valence-electron chi connectivity index (χ4n) is 2.52. The number of likely N-dealkylation sites (N-methyl/N-ethyl adjacent to an activating group) is 1. The van der Waals surface area contributed by atoms with Crippen molar-refractivity contribution in [2.45, 2.75) is 25.8 Å². The maximum atomic E-state index is 12.5. The van der Waals surface area contributed by atoms with Crippen LogP contribution in [0.15, 0.2) is 18.2 Å². The number of nitrogens with zero attached hydrogens (tertiary/aromatic N) is 2. The fourth-order valence-corrected chi connectivity index (χ4v) is 2.52. The average molecular weight is 277 g/mol. The predicted octanol–water partition coefficient (Wildman–Crippen LogP) is 1.73. The average Bonchev–Trinajstić information content (AvgIpc) is 2.46. The lowest BCUT2D eigenvalue weighted by atomic mass is 10.0. The zero-order valence-corrected chi connectivity index (χ0v) is 11.8. The molecule has 0 spiro atoms. The molecule has 6 heteroatoms. The van der Waals surface area contributed by atoms with Crippen LogP contribution in [-0.4, -0.2) is 41.9 Å². The number of aryl methyl sites for hydroxylation is 1. The van der Waals surface area contributed by atoms with Gasteiger partial charge in [-0.2, -0.15) is 0 Å². The van der Waals surface area contributed by atoms with E-state index in [1.165, 1.54) is 12.1 Å². The molecule has 1 aromatic carbocycles. The number of carbonyl (C=O) groups is 1. The molecular formula is C14H19N3O3. The standard InChI is InChI=1S/C14H19N3O3/c1-10-8-11(17(19)20)5-6-13(10)14(18)16(2)12-4-3-7-15-9-12/h5-6,8,12,15H,3-4,7,9H2,1-2H3. The van der Waals surface area contributed by atoms with Crippen molar-refractivity contribution >= 4 is 11.6 Å². The van der Waals surface area contributed by atoms with Gasteiger partial charge in [0.15, 0.2) is 0 Å². The van der Waals surface area contributed by atoms with Crippen LogP contribution in [0.25, 0.3) is 0 Å². The number of nitro benzene ring substituents is 1. The predicted molar refractivity (Wildman–Crippen MR) is 75.8 cm³/mol. The number of rotatable bonds is 3. The molecule has 1 heterocycles. The van der Waals surface area contributed by atoms with Gasteiger partial charge in [0, 0.05) is 37.3 Å². The van der Waals surface area contributed by atoms with E-state index in [1.807, 2.05) is 0 Å². The Kier molecular flexibility index (Phi) is 4.34. The van der Waals surface area contributed by atoms with E-state index in [9.17, 15) is 14.9 Å². The van der Waals surface area contributed by atoms with Gasteiger partial charge in [0.2, 0.25) is 0 Å². The third-order valence-corrected chi connectivity index (χ3v) is 3.79. The summed E-state index contributed by atoms with van der Waals surface area (Å²) in [6.45, 7) is 3.52. The molecule has 1 N–H and O–H groups in total. The summed E-state index contributed by atoms with van der Waals surface area (Å²) in [6, 6.07) is 4.56. The van der Waals surface area contributed by atoms with Crippen LogP contribution in [-0.2, 0) is 0 Å². The van der Waals surface area contributed by atoms with Crippen molar-refractivity contribution < 1.29 is 9.72 Å². The van der Waals surface area contributed by atoms with E-state index in [-0.39, 0.29) is 17.6 Å². The van der Waals surface area contributed by atoms with Crippen LogP contribution >= 0.6 is 0 Å². The summed E-state index contributed by atoms with van der Waals surface area (Å²) in [6.07, 6.45) is 2.04. The van der Waals surface area contributed by atoms with Gasteiger partial charge in [0.25, 0.3) is 11.6 Å². The van der Waals surface area contributed by atoms with Crippen LogP contribution in [0, 0.1) is 17.0 Å². The highest BCUT2D eigenvalue weighted by Gasteiger charge is 2.24. The van der Waals surface area contributed by atoms with Crippen LogP contribution in [0.5, 0.6) is 0 Å². The maximum Gasteiger partial charge on any atom is 0.269 e. The monoisotopic (exact) mass is 277 g/mol. The largest absolute Gasteiger partial charge is 0.337 e. The van der Waals surface area contributed by atoms with Crippen LogP contribution in [0.2, 0.25) is 0 Å². The highest BCUT2D eigenvalue weighted by molar-refractivity contribution is 5.96. The van der Waals surface area contributed by atoms with Crippen molar-refractivity contribution in [1.29, 1.82) is 0 Å². The molecule has 1 aliphatic heterocycles. The Hall–Kier alpha value is -1.95. The van der Waals surface area contributed by atoms with E-state index in [0.717, 1.165) is 25.9 Å². The minimum absolute atomic E-state index is 0.0148. The molecule has 108 valence electrons. The molecule has 6 nitrogen and oxygen atoms in total. The first kappa shape index (κ1) is 14.5. The Morgan fingerprint density at radius 2 is 2.25 bits per heavy atom. The lowest BCUT2D eigenvalue weighted by Gasteiger charge is -2.32. The first-order chi connectivity index (χ1) is 9.50. The molecule has 1 saturated heterocycles. The third-order valence-electron chi connectivity index (χ3n) is 3.79. The minimum Gasteiger partial charge on any atom is -0.337 e. The molecule has 2 rings (SSSR count). The van der Waals surface area contributed by atoms with Gasteiger partial charge >= 0.3 is 0 Å². The Morgan fingerprint density at radius 3 is 2.80 bits per heavy atom. The molecule has 20 heavy (non-hydrogen) atoms. The van der Waals surface area contributed by atoms with Gasteiger partial charge in [-0.15, -0.1) is 0 Å². The van der Waals surface area contributed by atoms with Crippen molar-refractivity contribution in [2.24, 2.45) is 0 Å². The van der Waals surface area contributed by atoms with Crippen LogP contribution < -0.4 is 5.32 Å². The Morgan fingerprint density at radius 1 is 1.50 bits per heavy atom. The van der Waals surface area contributed by atoms with Crippen molar-refractivity contribution in [3.05, 3.63) is 39.4 Å². The van der Waals surface area contributed by atoms with Crippen LogP contribution in [0.3, 0.4) is 0 Å². The summed E-state index contributed by atoms with van der Waals surface area (Å²) in [5.41, 5.74) is 1.18. The van der Waals surface area contributed by atoms with Crippen molar-refractivity contribution in [1.82, 2.24) is 10.2 Å². The smallest absolute Gasteiger partial charge is 0.269 e. The van der Waals surface area contributed by atoms with Crippen molar-refractivity contribution in [2.75, 3.05) is 20.1 Å². The molecule has 1 atom stereocenters. The summed E-state index contributed by atoms with van der Waals surface area (Å²) >= 11 is 0. The second-order valence-corrected chi connectivity index (χ2v) is 5.17. The van der Waals surface area contributed by atoms with Gasteiger partial charge in [-0.05, 0) is 37.9 Å². The molecule has 1 aliphatic rings. The Bertz CT molecular complexity index is 524. The summed E-state index contributed by atoms with van der Waals surface area (Å²) in [7, 11) is 1.79. The number of carbonyl (C=O) groups excluding carboxylic acids is 1. The SMILES string of the molecule is Cc1cc([N+](=O)[O-])ccc1C(=O)N(C)C1CCCNC1. The summed E-state index contributed by atoms with van der Waals surface area (Å²) < 4.78 is 0. The molecule has 0 bridgehead atoms. The van der Waals surface area contributed by atoms with Gasteiger partial charge in [-0.3, -0.25) is 14.9 Å². The lowest BCUT2D eigenvalue weighted by Crippen LogP contribution is -2.46. The van der Waals surface area contributed by atoms with E-state index in [2.05, 4.69) is 5.32 Å². The van der Waals surface area contributed by atoms with Crippen LogP contribution in [0.1, 0.15) is 28.8 Å². The molecule has 0 aliphatic carbocycles. The minimum atomic E-state index is -0.448. The number of nitrogens with one attached hydrogen (secondary N) is 1. The Balaban J connectivity index is 2.17. The second-order valence-electron chi connectivity index (χ2n) is 5.17. The van der Waals surface area contributed by atoms with E-state index in [4.69, 9.17) is 0 Å². The third kappa shape index (κ3) is 2.96. The summed E-state index contributed by atoms with van der Waals surface area (Å²) in [5, 5.41) is 14.0. The highest BCUT2D eigenvalue weighted by atomic mass is 16.6. The molecule has 0 radical (unpaired) electrons. The lowest BCUT2D eigenvalue weighted by molar-refractivity contribution is -0.384. The van der Waals surface area contributed by atoms with Crippen LogP contribution in [0.4, 0.5) is 5.69 Å². The normalized spacial score (nSPS) is 18.6. The van der Waals surface area contributed by atoms with E-state index in [1.54, 1.807) is 24.9 Å². The highest BCUT2D eigenvalue weighted by Crippen LogP contribution is 2.20. The number of hydrogen-bond acceptors (Lipinski definition) is 4. The van der Waals surface area contributed by atoms with E-state index < -0.39 is 4.92 Å². The first-order valence-corrected chi connectivity index (χ1v) is 6.73. The van der Waals surface area contributed by atoms with Gasteiger partial charge in [0.1, 0.15) is 0 Å². The second kappa shape index (κ2) is 6.00. The van der Waals surface area contributed by atoms with Crippen molar-refractivity contribution in [3.63, 3.8) is 0 Å². The first-order valence-electron chi connectivity index (χ1n) is 6.73. The molecule has 0 saturated carbocycles. The number of amides is 1. The quantitative estimate of drug-likeness (QED) is 0.674. The summed E-state index contributed by atoms with van der Waals surface area (Å²) in [5.74, 6) is -0.0777. The fraction of sp³-hybridized carbons (Fsp3) is 0.500. The number of piperidine rings is 1. The number of hydrogen-bond donors (Lipinski definition) is 1. The summed E-state index contributed by atoms with van der Waals surface area (Å²) in [4.78, 5) is 24.5. The maximum absolute atomic E-state index is 12.5. The molecule has 1 fully saturated rings. The zero-order chi connectivity index (χ0) is 14.7. The topological polar surface area (TPSA) is 75.5 Å². The number of nitro groups is 1.